The average Bonchev–Trinajstić information content (AvgIpc) is 2.74. The number of alkyl halides is 2. The van der Waals surface area contributed by atoms with Gasteiger partial charge in [0.25, 0.3) is 11.8 Å². The van der Waals surface area contributed by atoms with E-state index in [9.17, 15) is 13.6 Å². The Balaban J connectivity index is 2.08. The van der Waals surface area contributed by atoms with E-state index < -0.39 is 18.5 Å². The van der Waals surface area contributed by atoms with Gasteiger partial charge in [-0.1, -0.05) is 0 Å². The van der Waals surface area contributed by atoms with Crippen molar-refractivity contribution in [1.29, 1.82) is 0 Å². The molecule has 1 amide bonds. The summed E-state index contributed by atoms with van der Waals surface area (Å²) in [7, 11) is 1.52. The van der Waals surface area contributed by atoms with Gasteiger partial charge in [-0.05, 0) is 18.2 Å². The molecule has 2 heterocycles. The minimum atomic E-state index is -2.80. The molecule has 2 aliphatic heterocycles. The summed E-state index contributed by atoms with van der Waals surface area (Å²) < 4.78 is 27.2. The number of carbonyl (C=O) groups is 1. The molecule has 0 saturated carbocycles. The zero-order valence-corrected chi connectivity index (χ0v) is 10.9. The normalized spacial score (nSPS) is 22.9. The van der Waals surface area contributed by atoms with Gasteiger partial charge >= 0.3 is 0 Å². The first-order valence-electron chi connectivity index (χ1n) is 6.26. The Bertz CT molecular complexity index is 614. The number of nitrogens with zero attached hydrogens (tertiary/aromatic N) is 2. The molecule has 7 heteroatoms. The molecule has 2 aliphatic rings. The largest absolute Gasteiger partial charge is 0.369 e. The number of fused-ring (bicyclic) bond motifs is 3. The number of halogens is 2. The molecule has 1 atom stereocenters. The van der Waals surface area contributed by atoms with Gasteiger partial charge in [-0.25, -0.2) is 13.8 Å². The van der Waals surface area contributed by atoms with E-state index in [4.69, 9.17) is 5.73 Å². The van der Waals surface area contributed by atoms with Crippen LogP contribution in [0.4, 0.5) is 14.5 Å². The number of nitrogens with one attached hydrogen (secondary N) is 1. The van der Waals surface area contributed by atoms with Gasteiger partial charge in [-0.15, -0.1) is 0 Å². The van der Waals surface area contributed by atoms with E-state index in [-0.39, 0.29) is 18.3 Å². The molecule has 20 heavy (non-hydrogen) atoms. The molecule has 1 fully saturated rings. The molecular formula is C13H14F2N4O. The molecule has 0 aliphatic carbocycles. The van der Waals surface area contributed by atoms with Crippen molar-refractivity contribution in [2.45, 2.75) is 18.4 Å². The van der Waals surface area contributed by atoms with Gasteiger partial charge in [0.1, 0.15) is 0 Å². The lowest BCUT2D eigenvalue weighted by Gasteiger charge is -2.30. The van der Waals surface area contributed by atoms with Crippen LogP contribution in [0.2, 0.25) is 0 Å². The molecule has 106 valence electrons. The quantitative estimate of drug-likeness (QED) is 0.816. The minimum Gasteiger partial charge on any atom is -0.369 e. The van der Waals surface area contributed by atoms with Crippen LogP contribution in [0, 0.1) is 0 Å². The number of nitrogens with two attached hydrogens (primary N) is 1. The highest BCUT2D eigenvalue weighted by molar-refractivity contribution is 5.95. The van der Waals surface area contributed by atoms with E-state index >= 15 is 0 Å². The topological polar surface area (TPSA) is 70.7 Å². The Morgan fingerprint density at radius 3 is 3.00 bits per heavy atom. The molecule has 1 aromatic carbocycles. The highest BCUT2D eigenvalue weighted by Gasteiger charge is 2.48. The fraction of sp³-hybridized carbons (Fsp3) is 0.385. The maximum absolute atomic E-state index is 13.6. The first-order valence-corrected chi connectivity index (χ1v) is 6.26. The summed E-state index contributed by atoms with van der Waals surface area (Å²) in [5.74, 6) is -2.95. The fourth-order valence-electron chi connectivity index (χ4n) is 2.73. The Labute approximate surface area is 114 Å². The van der Waals surface area contributed by atoms with Crippen molar-refractivity contribution >= 4 is 17.6 Å². The van der Waals surface area contributed by atoms with Gasteiger partial charge in [0.2, 0.25) is 0 Å². The summed E-state index contributed by atoms with van der Waals surface area (Å²) in [5.41, 5.74) is 7.34. The molecular weight excluding hydrogens is 266 g/mol. The van der Waals surface area contributed by atoms with Crippen molar-refractivity contribution in [2.75, 3.05) is 13.6 Å². The Morgan fingerprint density at radius 1 is 1.55 bits per heavy atom. The zero-order valence-electron chi connectivity index (χ0n) is 10.9. The molecule has 3 rings (SSSR count). The number of carbonyl (C=O) groups excluding carboxylic acids is 1. The third kappa shape index (κ3) is 1.90. The van der Waals surface area contributed by atoms with E-state index in [0.717, 1.165) is 0 Å². The number of amides is 1. The number of aliphatic imine (C=N–C) groups is 1. The summed E-state index contributed by atoms with van der Waals surface area (Å²) in [6.45, 7) is -0.434. The molecule has 1 aromatic rings. The third-order valence-electron chi connectivity index (χ3n) is 3.67. The summed E-state index contributed by atoms with van der Waals surface area (Å²) in [4.78, 5) is 17.2. The monoisotopic (exact) mass is 280 g/mol. The van der Waals surface area contributed by atoms with Crippen LogP contribution in [0.5, 0.6) is 0 Å². The molecule has 1 unspecified atom stereocenters. The fourth-order valence-corrected chi connectivity index (χ4v) is 2.73. The van der Waals surface area contributed by atoms with Crippen molar-refractivity contribution in [1.82, 2.24) is 10.2 Å². The number of guanidine groups is 1. The van der Waals surface area contributed by atoms with Gasteiger partial charge in [-0.2, -0.15) is 0 Å². The lowest BCUT2D eigenvalue weighted by Crippen LogP contribution is -2.40. The van der Waals surface area contributed by atoms with Crippen LogP contribution in [0.15, 0.2) is 23.2 Å². The first-order chi connectivity index (χ1) is 9.41. The van der Waals surface area contributed by atoms with E-state index in [0.29, 0.717) is 16.8 Å². The molecule has 5 nitrogen and oxygen atoms in total. The molecule has 0 bridgehead atoms. The van der Waals surface area contributed by atoms with Gasteiger partial charge in [0, 0.05) is 24.6 Å². The minimum absolute atomic E-state index is 0.104. The van der Waals surface area contributed by atoms with Crippen LogP contribution in [0.1, 0.15) is 28.4 Å². The van der Waals surface area contributed by atoms with E-state index in [1.54, 1.807) is 18.2 Å². The highest BCUT2D eigenvalue weighted by Crippen LogP contribution is 2.46. The van der Waals surface area contributed by atoms with Crippen molar-refractivity contribution in [3.05, 3.63) is 29.3 Å². The van der Waals surface area contributed by atoms with Crippen LogP contribution in [0.3, 0.4) is 0 Å². The van der Waals surface area contributed by atoms with Crippen molar-refractivity contribution in [3.8, 4) is 0 Å². The lowest BCUT2D eigenvalue weighted by molar-refractivity contribution is 0.0165. The number of hydrogen-bond donors (Lipinski definition) is 2. The first kappa shape index (κ1) is 12.8. The third-order valence-corrected chi connectivity index (χ3v) is 3.67. The molecule has 3 N–H and O–H groups in total. The van der Waals surface area contributed by atoms with Crippen LogP contribution >= 0.6 is 0 Å². The van der Waals surface area contributed by atoms with Crippen LogP contribution in [0.25, 0.3) is 0 Å². The van der Waals surface area contributed by atoms with Gasteiger partial charge in [-0.3, -0.25) is 4.79 Å². The molecule has 1 saturated heterocycles. The van der Waals surface area contributed by atoms with E-state index in [2.05, 4.69) is 10.3 Å². The summed E-state index contributed by atoms with van der Waals surface area (Å²) >= 11 is 0. The number of rotatable bonds is 1. The maximum atomic E-state index is 13.6. The molecule has 0 spiro atoms. The van der Waals surface area contributed by atoms with Gasteiger partial charge in [0.05, 0.1) is 18.3 Å². The Kier molecular flexibility index (Phi) is 2.67. The molecule has 0 aromatic heterocycles. The second kappa shape index (κ2) is 4.16. The van der Waals surface area contributed by atoms with Crippen molar-refractivity contribution < 1.29 is 13.6 Å². The van der Waals surface area contributed by atoms with Crippen molar-refractivity contribution in [3.63, 3.8) is 0 Å². The Morgan fingerprint density at radius 2 is 2.30 bits per heavy atom. The molecule has 0 radical (unpaired) electrons. The lowest BCUT2D eigenvalue weighted by atomic mass is 9.98. The highest BCUT2D eigenvalue weighted by atomic mass is 19.3. The SMILES string of the molecule is CNC(=O)c1ccc2c(c1)C1CC(F)(F)CN1C(N)=N2. The maximum Gasteiger partial charge on any atom is 0.267 e. The summed E-state index contributed by atoms with van der Waals surface area (Å²) in [6, 6.07) is 4.34. The van der Waals surface area contributed by atoms with Crippen LogP contribution in [-0.2, 0) is 0 Å². The van der Waals surface area contributed by atoms with E-state index in [1.165, 1.54) is 11.9 Å². The second-order valence-electron chi connectivity index (χ2n) is 5.03. The van der Waals surface area contributed by atoms with Gasteiger partial charge < -0.3 is 16.0 Å². The predicted molar refractivity (Wildman–Crippen MR) is 70.1 cm³/mol. The summed E-state index contributed by atoms with van der Waals surface area (Å²) in [6.07, 6.45) is -0.312. The number of benzene rings is 1. The summed E-state index contributed by atoms with van der Waals surface area (Å²) in [5, 5.41) is 2.51. The van der Waals surface area contributed by atoms with Gasteiger partial charge in [0.15, 0.2) is 5.96 Å². The zero-order chi connectivity index (χ0) is 14.5. The Hall–Kier alpha value is -2.18. The van der Waals surface area contributed by atoms with Crippen molar-refractivity contribution in [2.24, 2.45) is 10.7 Å². The van der Waals surface area contributed by atoms with Crippen LogP contribution in [-0.4, -0.2) is 36.3 Å². The van der Waals surface area contributed by atoms with E-state index in [1.807, 2.05) is 0 Å². The number of hydrogen-bond acceptors (Lipinski definition) is 4. The second-order valence-corrected chi connectivity index (χ2v) is 5.03. The predicted octanol–water partition coefficient (Wildman–Crippen LogP) is 1.39. The average molecular weight is 280 g/mol. The smallest absolute Gasteiger partial charge is 0.267 e. The standard InChI is InChI=1S/C13H14F2N4O/c1-17-11(20)7-2-3-9-8(4-7)10-5-13(14,15)6-19(10)12(16)18-9/h2-4,10H,5-6H2,1H3,(H2,16,18)(H,17,20). The van der Waals surface area contributed by atoms with Crippen LogP contribution < -0.4 is 11.1 Å².